The van der Waals surface area contributed by atoms with E-state index in [2.05, 4.69) is 19.2 Å². The molecule has 1 heterocycles. The summed E-state index contributed by atoms with van der Waals surface area (Å²) >= 11 is 0. The predicted molar refractivity (Wildman–Crippen MR) is 86.4 cm³/mol. The Bertz CT molecular complexity index is 479. The van der Waals surface area contributed by atoms with E-state index < -0.39 is 10.8 Å². The van der Waals surface area contributed by atoms with E-state index in [1.165, 1.54) is 0 Å². The van der Waals surface area contributed by atoms with E-state index in [4.69, 9.17) is 9.47 Å². The molecule has 0 saturated carbocycles. The molecular formula is C16H25NO3S. The van der Waals surface area contributed by atoms with Gasteiger partial charge in [-0.05, 0) is 37.1 Å². The number of rotatable bonds is 9. The maximum Gasteiger partial charge on any atom is 0.231 e. The van der Waals surface area contributed by atoms with Crippen LogP contribution in [0.25, 0.3) is 0 Å². The minimum atomic E-state index is -0.787. The molecule has 0 fully saturated rings. The Morgan fingerprint density at radius 2 is 2.05 bits per heavy atom. The van der Waals surface area contributed by atoms with Gasteiger partial charge in [-0.2, -0.15) is 0 Å². The summed E-state index contributed by atoms with van der Waals surface area (Å²) in [6.07, 6.45) is 3.17. The first kappa shape index (κ1) is 16.3. The van der Waals surface area contributed by atoms with Crippen molar-refractivity contribution >= 4 is 10.8 Å². The van der Waals surface area contributed by atoms with Crippen LogP contribution in [0.2, 0.25) is 0 Å². The molecule has 0 amide bonds. The first-order valence-electron chi connectivity index (χ1n) is 7.72. The molecule has 1 aromatic carbocycles. The highest BCUT2D eigenvalue weighted by Gasteiger charge is 2.19. The van der Waals surface area contributed by atoms with Gasteiger partial charge in [-0.3, -0.25) is 4.21 Å². The van der Waals surface area contributed by atoms with Crippen molar-refractivity contribution in [1.82, 2.24) is 5.32 Å². The standard InChI is InChI=1S/C16H25NO3S/c1-3-5-9-21(18)11-14(17-8-4-2)13-6-7-15-16(10-13)20-12-19-15/h6-7,10,14,17H,3-5,8-9,11-12H2,1-2H3. The molecule has 0 aromatic heterocycles. The Morgan fingerprint density at radius 3 is 2.81 bits per heavy atom. The molecule has 0 aliphatic carbocycles. The lowest BCUT2D eigenvalue weighted by Crippen LogP contribution is -2.27. The summed E-state index contributed by atoms with van der Waals surface area (Å²) < 4.78 is 23.0. The molecule has 2 rings (SSSR count). The lowest BCUT2D eigenvalue weighted by atomic mass is 10.1. The molecule has 2 unspecified atom stereocenters. The molecule has 0 spiro atoms. The van der Waals surface area contributed by atoms with Crippen molar-refractivity contribution in [3.63, 3.8) is 0 Å². The van der Waals surface area contributed by atoms with E-state index in [0.717, 1.165) is 48.6 Å². The second-order valence-electron chi connectivity index (χ2n) is 5.28. The van der Waals surface area contributed by atoms with Crippen LogP contribution in [0, 0.1) is 0 Å². The highest BCUT2D eigenvalue weighted by Crippen LogP contribution is 2.34. The molecule has 118 valence electrons. The fourth-order valence-electron chi connectivity index (χ4n) is 2.30. The molecule has 0 bridgehead atoms. The summed E-state index contributed by atoms with van der Waals surface area (Å²) in [5.74, 6) is 3.01. The van der Waals surface area contributed by atoms with Gasteiger partial charge in [0.25, 0.3) is 0 Å². The third-order valence-electron chi connectivity index (χ3n) is 3.52. The lowest BCUT2D eigenvalue weighted by Gasteiger charge is -2.19. The first-order chi connectivity index (χ1) is 10.2. The molecule has 1 aliphatic heterocycles. The highest BCUT2D eigenvalue weighted by atomic mass is 32.2. The zero-order valence-corrected chi connectivity index (χ0v) is 13.7. The summed E-state index contributed by atoms with van der Waals surface area (Å²) in [5, 5.41) is 3.49. The molecule has 2 atom stereocenters. The molecule has 1 N–H and O–H groups in total. The second-order valence-corrected chi connectivity index (χ2v) is 6.90. The number of fused-ring (bicyclic) bond motifs is 1. The van der Waals surface area contributed by atoms with Gasteiger partial charge in [-0.25, -0.2) is 0 Å². The van der Waals surface area contributed by atoms with Crippen LogP contribution in [-0.4, -0.2) is 29.1 Å². The molecule has 5 heteroatoms. The number of ether oxygens (including phenoxy) is 2. The van der Waals surface area contributed by atoms with E-state index in [1.54, 1.807) is 0 Å². The van der Waals surface area contributed by atoms with Gasteiger partial charge in [0.1, 0.15) is 0 Å². The smallest absolute Gasteiger partial charge is 0.231 e. The van der Waals surface area contributed by atoms with Gasteiger partial charge >= 0.3 is 0 Å². The third kappa shape index (κ3) is 4.71. The van der Waals surface area contributed by atoms with Crippen molar-refractivity contribution < 1.29 is 13.7 Å². The maximum absolute atomic E-state index is 12.2. The normalized spacial score (nSPS) is 15.9. The van der Waals surface area contributed by atoms with Crippen LogP contribution in [0.4, 0.5) is 0 Å². The van der Waals surface area contributed by atoms with Crippen molar-refractivity contribution in [3.05, 3.63) is 23.8 Å². The number of hydrogen-bond donors (Lipinski definition) is 1. The Balaban J connectivity index is 2.05. The van der Waals surface area contributed by atoms with E-state index >= 15 is 0 Å². The molecular weight excluding hydrogens is 286 g/mol. The average Bonchev–Trinajstić information content (AvgIpc) is 2.96. The van der Waals surface area contributed by atoms with Crippen LogP contribution < -0.4 is 14.8 Å². The molecule has 1 aliphatic rings. The van der Waals surface area contributed by atoms with Gasteiger partial charge in [-0.1, -0.05) is 26.3 Å². The van der Waals surface area contributed by atoms with Crippen molar-refractivity contribution in [3.8, 4) is 11.5 Å². The number of hydrogen-bond acceptors (Lipinski definition) is 4. The van der Waals surface area contributed by atoms with Gasteiger partial charge < -0.3 is 14.8 Å². The topological polar surface area (TPSA) is 47.6 Å². The lowest BCUT2D eigenvalue weighted by molar-refractivity contribution is 0.174. The fourth-order valence-corrected chi connectivity index (χ4v) is 3.76. The van der Waals surface area contributed by atoms with E-state index in [-0.39, 0.29) is 12.8 Å². The fraction of sp³-hybridized carbons (Fsp3) is 0.625. The Morgan fingerprint density at radius 1 is 1.24 bits per heavy atom. The predicted octanol–water partition coefficient (Wildman–Crippen LogP) is 3.00. The van der Waals surface area contributed by atoms with E-state index in [1.807, 2.05) is 18.2 Å². The molecule has 0 radical (unpaired) electrons. The zero-order chi connectivity index (χ0) is 15.1. The number of unbranched alkanes of at least 4 members (excludes halogenated alkanes) is 1. The van der Waals surface area contributed by atoms with E-state index in [0.29, 0.717) is 5.75 Å². The monoisotopic (exact) mass is 311 g/mol. The Kier molecular flexibility index (Phi) is 6.51. The van der Waals surface area contributed by atoms with Crippen molar-refractivity contribution in [1.29, 1.82) is 0 Å². The largest absolute Gasteiger partial charge is 0.454 e. The molecule has 4 nitrogen and oxygen atoms in total. The third-order valence-corrected chi connectivity index (χ3v) is 4.97. The summed E-state index contributed by atoms with van der Waals surface area (Å²) in [7, 11) is -0.787. The number of benzene rings is 1. The van der Waals surface area contributed by atoms with Crippen LogP contribution in [0.1, 0.15) is 44.7 Å². The van der Waals surface area contributed by atoms with Crippen LogP contribution in [-0.2, 0) is 10.8 Å². The minimum Gasteiger partial charge on any atom is -0.454 e. The van der Waals surface area contributed by atoms with Crippen LogP contribution in [0.15, 0.2) is 18.2 Å². The maximum atomic E-state index is 12.2. The van der Waals surface area contributed by atoms with Gasteiger partial charge in [-0.15, -0.1) is 0 Å². The first-order valence-corrected chi connectivity index (χ1v) is 9.21. The van der Waals surface area contributed by atoms with Crippen molar-refractivity contribution in [2.75, 3.05) is 24.8 Å². The Hall–Kier alpha value is -1.07. The van der Waals surface area contributed by atoms with Gasteiger partial charge in [0.15, 0.2) is 11.5 Å². The SMILES string of the molecule is CCCCS(=O)CC(NCCC)c1ccc2c(c1)OCO2. The zero-order valence-electron chi connectivity index (χ0n) is 12.9. The summed E-state index contributed by atoms with van der Waals surface area (Å²) in [5.41, 5.74) is 1.12. The van der Waals surface area contributed by atoms with Gasteiger partial charge in [0, 0.05) is 28.3 Å². The average molecular weight is 311 g/mol. The van der Waals surface area contributed by atoms with Crippen molar-refractivity contribution in [2.45, 2.75) is 39.2 Å². The molecule has 21 heavy (non-hydrogen) atoms. The van der Waals surface area contributed by atoms with Crippen LogP contribution in [0.5, 0.6) is 11.5 Å². The van der Waals surface area contributed by atoms with E-state index in [9.17, 15) is 4.21 Å². The van der Waals surface area contributed by atoms with Gasteiger partial charge in [0.2, 0.25) is 6.79 Å². The summed E-state index contributed by atoms with van der Waals surface area (Å²) in [4.78, 5) is 0. The van der Waals surface area contributed by atoms with Crippen LogP contribution in [0.3, 0.4) is 0 Å². The van der Waals surface area contributed by atoms with Gasteiger partial charge in [0.05, 0.1) is 0 Å². The molecule has 0 saturated heterocycles. The summed E-state index contributed by atoms with van der Waals surface area (Å²) in [6.45, 7) is 5.47. The van der Waals surface area contributed by atoms with Crippen molar-refractivity contribution in [2.24, 2.45) is 0 Å². The molecule has 1 aromatic rings. The number of nitrogens with one attached hydrogen (secondary N) is 1. The highest BCUT2D eigenvalue weighted by molar-refractivity contribution is 7.85. The summed E-state index contributed by atoms with van der Waals surface area (Å²) in [6, 6.07) is 6.09. The van der Waals surface area contributed by atoms with Crippen LogP contribution >= 0.6 is 0 Å². The quantitative estimate of drug-likeness (QED) is 0.761. The minimum absolute atomic E-state index is 0.108. The second kappa shape index (κ2) is 8.39. The Labute approximate surface area is 129 Å².